The number of hydrogen-bond acceptors (Lipinski definition) is 9. The lowest BCUT2D eigenvalue weighted by Crippen LogP contribution is -2.30. The minimum absolute atomic E-state index is 0.0420. The first-order valence-corrected chi connectivity index (χ1v) is 17.1. The van der Waals surface area contributed by atoms with Gasteiger partial charge in [0, 0.05) is 16.1 Å². The van der Waals surface area contributed by atoms with Crippen molar-refractivity contribution in [2.24, 2.45) is 0 Å². The molecule has 1 atom stereocenters. The van der Waals surface area contributed by atoms with E-state index in [1.807, 2.05) is 30.3 Å². The van der Waals surface area contributed by atoms with E-state index in [2.05, 4.69) is 16.0 Å². The molecule has 11 nitrogen and oxygen atoms in total. The van der Waals surface area contributed by atoms with E-state index in [-0.39, 0.29) is 17.2 Å². The second kappa shape index (κ2) is 18.1. The minimum Gasteiger partial charge on any atom is -0.493 e. The molecule has 53 heavy (non-hydrogen) atoms. The third-order valence-corrected chi connectivity index (χ3v) is 9.09. The Kier molecular flexibility index (Phi) is 12.9. The van der Waals surface area contributed by atoms with Gasteiger partial charge in [-0.3, -0.25) is 14.4 Å². The number of ether oxygens (including phenoxy) is 4. The van der Waals surface area contributed by atoms with Gasteiger partial charge in [-0.1, -0.05) is 60.7 Å². The molecule has 270 valence electrons. The summed E-state index contributed by atoms with van der Waals surface area (Å²) in [5.74, 6) is -0.859. The molecule has 5 aromatic rings. The number of nitrogens with one attached hydrogen (secondary N) is 3. The largest absolute Gasteiger partial charge is 0.493 e. The fourth-order valence-corrected chi connectivity index (χ4v) is 6.25. The van der Waals surface area contributed by atoms with E-state index in [0.29, 0.717) is 39.8 Å². The Bertz CT molecular complexity index is 2080. The van der Waals surface area contributed by atoms with E-state index in [1.54, 1.807) is 91.0 Å². The van der Waals surface area contributed by atoms with Gasteiger partial charge in [-0.15, -0.1) is 11.8 Å². The number of rotatable bonds is 14. The molecule has 0 aromatic heterocycles. The summed E-state index contributed by atoms with van der Waals surface area (Å²) in [6, 6.07) is 34.7. The summed E-state index contributed by atoms with van der Waals surface area (Å²) < 4.78 is 21.2. The molecule has 12 heteroatoms. The number of benzene rings is 5. The van der Waals surface area contributed by atoms with E-state index in [4.69, 9.17) is 18.9 Å². The predicted octanol–water partition coefficient (Wildman–Crippen LogP) is 7.38. The van der Waals surface area contributed by atoms with Crippen LogP contribution >= 0.6 is 11.8 Å². The zero-order valence-corrected chi connectivity index (χ0v) is 30.2. The fraction of sp³-hybridized carbons (Fsp3) is 0.122. The number of para-hydroxylation sites is 1. The first-order chi connectivity index (χ1) is 25.7. The molecule has 3 N–H and O–H groups in total. The van der Waals surface area contributed by atoms with Crippen molar-refractivity contribution in [3.63, 3.8) is 0 Å². The molecular formula is C41H37N3O8S. The van der Waals surface area contributed by atoms with Gasteiger partial charge in [0.2, 0.25) is 11.7 Å². The lowest BCUT2D eigenvalue weighted by Gasteiger charge is -2.18. The van der Waals surface area contributed by atoms with Crippen LogP contribution in [0.1, 0.15) is 37.1 Å². The normalized spacial score (nSPS) is 11.4. The SMILES string of the molecule is COC(=O)c1ccccc1NC(=O)C(Sc1ccc(NC(=O)/C(=C/c2cc(OC)c(OC)c(OC)c2)NC(=O)c2ccccc2)cc1)c1ccccc1. The highest BCUT2D eigenvalue weighted by Gasteiger charge is 2.24. The van der Waals surface area contributed by atoms with Crippen LogP contribution in [0.2, 0.25) is 0 Å². The zero-order chi connectivity index (χ0) is 37.7. The van der Waals surface area contributed by atoms with Gasteiger partial charge in [0.15, 0.2) is 11.5 Å². The van der Waals surface area contributed by atoms with Crippen molar-refractivity contribution in [1.82, 2.24) is 5.32 Å². The molecule has 0 spiro atoms. The van der Waals surface area contributed by atoms with Crippen molar-refractivity contribution in [3.05, 3.63) is 149 Å². The summed E-state index contributed by atoms with van der Waals surface area (Å²) in [7, 11) is 5.73. The van der Waals surface area contributed by atoms with Gasteiger partial charge in [0.05, 0.1) is 39.7 Å². The van der Waals surface area contributed by atoms with Crippen LogP contribution in [0.25, 0.3) is 6.08 Å². The highest BCUT2D eigenvalue weighted by molar-refractivity contribution is 8.00. The number of carbonyl (C=O) groups is 4. The molecule has 3 amide bonds. The molecule has 0 saturated carbocycles. The van der Waals surface area contributed by atoms with Gasteiger partial charge < -0.3 is 34.9 Å². The molecule has 0 saturated heterocycles. The van der Waals surface area contributed by atoms with Crippen LogP contribution in [0.3, 0.4) is 0 Å². The van der Waals surface area contributed by atoms with Crippen molar-refractivity contribution < 1.29 is 38.1 Å². The second-order valence-electron chi connectivity index (χ2n) is 11.3. The van der Waals surface area contributed by atoms with Crippen LogP contribution < -0.4 is 30.2 Å². The van der Waals surface area contributed by atoms with Gasteiger partial charge in [-0.25, -0.2) is 4.79 Å². The first kappa shape index (κ1) is 37.7. The maximum atomic E-state index is 13.8. The quantitative estimate of drug-likeness (QED) is 0.0606. The Morgan fingerprint density at radius 2 is 1.28 bits per heavy atom. The number of esters is 1. The summed E-state index contributed by atoms with van der Waals surface area (Å²) in [6.45, 7) is 0. The van der Waals surface area contributed by atoms with Gasteiger partial charge in [-0.2, -0.15) is 0 Å². The Morgan fingerprint density at radius 1 is 0.679 bits per heavy atom. The van der Waals surface area contributed by atoms with E-state index in [1.165, 1.54) is 46.3 Å². The van der Waals surface area contributed by atoms with Crippen LogP contribution in [-0.2, 0) is 14.3 Å². The van der Waals surface area contributed by atoms with Gasteiger partial charge in [0.1, 0.15) is 10.9 Å². The summed E-state index contributed by atoms with van der Waals surface area (Å²) in [5.41, 5.74) is 2.58. The average Bonchev–Trinajstić information content (AvgIpc) is 3.20. The summed E-state index contributed by atoms with van der Waals surface area (Å²) >= 11 is 1.30. The maximum absolute atomic E-state index is 13.8. The van der Waals surface area contributed by atoms with Gasteiger partial charge in [-0.05, 0) is 77.9 Å². The molecule has 1 unspecified atom stereocenters. The van der Waals surface area contributed by atoms with Crippen LogP contribution in [0, 0.1) is 0 Å². The summed E-state index contributed by atoms with van der Waals surface area (Å²) in [6.07, 6.45) is 1.51. The molecule has 0 aliphatic carbocycles. The highest BCUT2D eigenvalue weighted by atomic mass is 32.2. The van der Waals surface area contributed by atoms with E-state index < -0.39 is 23.0 Å². The third kappa shape index (κ3) is 9.63. The molecule has 0 aliphatic rings. The number of methoxy groups -OCH3 is 4. The third-order valence-electron chi connectivity index (χ3n) is 7.82. The highest BCUT2D eigenvalue weighted by Crippen LogP contribution is 2.39. The summed E-state index contributed by atoms with van der Waals surface area (Å²) in [4.78, 5) is 53.7. The lowest BCUT2D eigenvalue weighted by atomic mass is 10.1. The minimum atomic E-state index is -0.691. The first-order valence-electron chi connectivity index (χ1n) is 16.2. The number of carbonyl (C=O) groups excluding carboxylic acids is 4. The van der Waals surface area contributed by atoms with Crippen molar-refractivity contribution >= 4 is 52.9 Å². The monoisotopic (exact) mass is 731 g/mol. The second-order valence-corrected chi connectivity index (χ2v) is 12.4. The van der Waals surface area contributed by atoms with Crippen LogP contribution in [0.4, 0.5) is 11.4 Å². The van der Waals surface area contributed by atoms with E-state index >= 15 is 0 Å². The van der Waals surface area contributed by atoms with E-state index in [9.17, 15) is 19.2 Å². The van der Waals surface area contributed by atoms with Gasteiger partial charge in [0.25, 0.3) is 11.8 Å². The fourth-order valence-electron chi connectivity index (χ4n) is 5.22. The van der Waals surface area contributed by atoms with Crippen molar-refractivity contribution in [3.8, 4) is 17.2 Å². The molecule has 5 rings (SSSR count). The zero-order valence-electron chi connectivity index (χ0n) is 29.4. The standard InChI is InChI=1S/C41H37N3O8S/c1-49-34-24-26(25-35(50-2)36(34)51-3)23-33(44-38(45)28-15-9-6-10-16-28)39(46)42-29-19-21-30(22-20-29)53-37(27-13-7-5-8-14-27)40(47)43-32-18-12-11-17-31(32)41(48)52-4/h5-25,37H,1-4H3,(H,42,46)(H,43,47)(H,44,45)/b33-23-. The molecule has 0 bridgehead atoms. The Balaban J connectivity index is 1.39. The predicted molar refractivity (Wildman–Crippen MR) is 205 cm³/mol. The Labute approximate surface area is 311 Å². The molecule has 0 radical (unpaired) electrons. The topological polar surface area (TPSA) is 141 Å². The number of thioether (sulfide) groups is 1. The Morgan fingerprint density at radius 3 is 1.89 bits per heavy atom. The van der Waals surface area contributed by atoms with E-state index in [0.717, 1.165) is 10.5 Å². The summed E-state index contributed by atoms with van der Waals surface area (Å²) in [5, 5.41) is 7.77. The van der Waals surface area contributed by atoms with Crippen molar-refractivity contribution in [2.45, 2.75) is 10.1 Å². The van der Waals surface area contributed by atoms with Crippen LogP contribution in [-0.4, -0.2) is 52.1 Å². The number of anilines is 2. The van der Waals surface area contributed by atoms with Crippen molar-refractivity contribution in [1.29, 1.82) is 0 Å². The Hall–Kier alpha value is -6.53. The smallest absolute Gasteiger partial charge is 0.339 e. The molecule has 0 fully saturated rings. The van der Waals surface area contributed by atoms with Crippen molar-refractivity contribution in [2.75, 3.05) is 39.1 Å². The number of amides is 3. The van der Waals surface area contributed by atoms with Gasteiger partial charge >= 0.3 is 5.97 Å². The molecule has 0 heterocycles. The molecule has 0 aliphatic heterocycles. The lowest BCUT2D eigenvalue weighted by molar-refractivity contribution is -0.116. The van der Waals surface area contributed by atoms with Crippen LogP contribution in [0.5, 0.6) is 17.2 Å². The maximum Gasteiger partial charge on any atom is 0.339 e. The molecule has 5 aromatic carbocycles. The molecular weight excluding hydrogens is 695 g/mol. The number of hydrogen-bond donors (Lipinski definition) is 3. The van der Waals surface area contributed by atoms with Crippen LogP contribution in [0.15, 0.2) is 132 Å². The average molecular weight is 732 g/mol.